The van der Waals surface area contributed by atoms with E-state index in [9.17, 15) is 4.79 Å². The topological polar surface area (TPSA) is 75.3 Å². The fourth-order valence-corrected chi connectivity index (χ4v) is 1.63. The van der Waals surface area contributed by atoms with E-state index in [1.807, 2.05) is 18.2 Å². The van der Waals surface area contributed by atoms with Crippen LogP contribution in [0.5, 0.6) is 0 Å². The van der Waals surface area contributed by atoms with Crippen LogP contribution in [0.1, 0.15) is 32.3 Å². The zero-order valence-corrected chi connectivity index (χ0v) is 11.9. The van der Waals surface area contributed by atoms with E-state index in [0.717, 1.165) is 24.8 Å². The van der Waals surface area contributed by atoms with Gasteiger partial charge in [-0.25, -0.2) is 9.98 Å². The number of carbonyl (C=O) groups excluding carboxylic acids is 1. The van der Waals surface area contributed by atoms with Gasteiger partial charge in [-0.1, -0.05) is 19.4 Å². The number of aliphatic imine (C=N–C) groups is 1. The Hall–Kier alpha value is -2.22. The summed E-state index contributed by atoms with van der Waals surface area (Å²) in [7, 11) is 0. The largest absolute Gasteiger partial charge is 0.465 e. The van der Waals surface area contributed by atoms with Crippen LogP contribution in [-0.4, -0.2) is 23.8 Å². The fourth-order valence-electron chi connectivity index (χ4n) is 1.63. The molecule has 0 aliphatic rings. The standard InChI is InChI=1S/C15H19N3O2/c1-3-5-7-12-8-6-9-17-14(12)18-11-13(10-16)15(19)20-4-2/h6,8-9,11,13H,3-5,7H2,1-2H3. The molecular weight excluding hydrogens is 254 g/mol. The molecule has 0 radical (unpaired) electrons. The van der Waals surface area contributed by atoms with Crippen LogP contribution in [0.3, 0.4) is 0 Å². The molecule has 20 heavy (non-hydrogen) atoms. The summed E-state index contributed by atoms with van der Waals surface area (Å²) in [4.78, 5) is 19.9. The van der Waals surface area contributed by atoms with Gasteiger partial charge in [0, 0.05) is 12.4 Å². The quantitative estimate of drug-likeness (QED) is 0.565. The highest BCUT2D eigenvalue weighted by Gasteiger charge is 2.16. The van der Waals surface area contributed by atoms with Crippen molar-refractivity contribution in [1.29, 1.82) is 5.26 Å². The number of nitriles is 1. The fraction of sp³-hybridized carbons (Fsp3) is 0.467. The molecule has 0 aliphatic carbocycles. The minimum absolute atomic E-state index is 0.246. The number of aryl methyl sites for hydroxylation is 1. The summed E-state index contributed by atoms with van der Waals surface area (Å²) in [5.41, 5.74) is 1.02. The first-order valence-corrected chi connectivity index (χ1v) is 6.77. The monoisotopic (exact) mass is 273 g/mol. The lowest BCUT2D eigenvalue weighted by molar-refractivity contribution is -0.143. The highest BCUT2D eigenvalue weighted by Crippen LogP contribution is 2.17. The number of carbonyl (C=O) groups is 1. The predicted molar refractivity (Wildman–Crippen MR) is 76.7 cm³/mol. The summed E-state index contributed by atoms with van der Waals surface area (Å²) >= 11 is 0. The van der Waals surface area contributed by atoms with Gasteiger partial charge in [-0.2, -0.15) is 5.26 Å². The Morgan fingerprint density at radius 1 is 1.60 bits per heavy atom. The van der Waals surface area contributed by atoms with Gasteiger partial charge < -0.3 is 4.74 Å². The number of nitrogens with zero attached hydrogens (tertiary/aromatic N) is 3. The lowest BCUT2D eigenvalue weighted by Crippen LogP contribution is -2.17. The van der Waals surface area contributed by atoms with Crippen molar-refractivity contribution in [2.24, 2.45) is 10.9 Å². The van der Waals surface area contributed by atoms with Crippen LogP contribution in [0.4, 0.5) is 5.82 Å². The van der Waals surface area contributed by atoms with Gasteiger partial charge in [0.2, 0.25) is 0 Å². The zero-order valence-electron chi connectivity index (χ0n) is 11.9. The molecule has 5 heteroatoms. The van der Waals surface area contributed by atoms with Gasteiger partial charge in [0.15, 0.2) is 11.7 Å². The van der Waals surface area contributed by atoms with Crippen molar-refractivity contribution in [1.82, 2.24) is 4.98 Å². The van der Waals surface area contributed by atoms with Gasteiger partial charge in [0.05, 0.1) is 12.7 Å². The SMILES string of the molecule is CCCCc1cccnc1N=CC(C#N)C(=O)OCC. The van der Waals surface area contributed by atoms with Crippen LogP contribution in [0.25, 0.3) is 0 Å². The number of aromatic nitrogens is 1. The Kier molecular flexibility index (Phi) is 6.97. The van der Waals surface area contributed by atoms with Crippen molar-refractivity contribution >= 4 is 18.0 Å². The minimum Gasteiger partial charge on any atom is -0.465 e. The second-order valence-corrected chi connectivity index (χ2v) is 4.23. The van der Waals surface area contributed by atoms with Crippen molar-refractivity contribution in [3.8, 4) is 6.07 Å². The molecule has 1 rings (SSSR count). The average molecular weight is 273 g/mol. The van der Waals surface area contributed by atoms with Crippen LogP contribution >= 0.6 is 0 Å². The molecule has 0 N–H and O–H groups in total. The molecule has 1 atom stereocenters. The van der Waals surface area contributed by atoms with Crippen molar-refractivity contribution in [2.45, 2.75) is 33.1 Å². The third-order valence-electron chi connectivity index (χ3n) is 2.69. The van der Waals surface area contributed by atoms with Crippen molar-refractivity contribution in [3.05, 3.63) is 23.9 Å². The Balaban J connectivity index is 2.83. The zero-order chi connectivity index (χ0) is 14.8. The molecule has 1 heterocycles. The van der Waals surface area contributed by atoms with Crippen LogP contribution in [0.15, 0.2) is 23.3 Å². The second kappa shape index (κ2) is 8.81. The van der Waals surface area contributed by atoms with E-state index < -0.39 is 11.9 Å². The summed E-state index contributed by atoms with van der Waals surface area (Å²) in [5.74, 6) is -1.01. The molecule has 5 nitrogen and oxygen atoms in total. The number of rotatable bonds is 7. The van der Waals surface area contributed by atoms with Gasteiger partial charge in [-0.3, -0.25) is 4.79 Å². The Morgan fingerprint density at radius 3 is 3.05 bits per heavy atom. The van der Waals surface area contributed by atoms with Gasteiger partial charge in [0.25, 0.3) is 0 Å². The van der Waals surface area contributed by atoms with Crippen molar-refractivity contribution in [3.63, 3.8) is 0 Å². The molecule has 0 aliphatic heterocycles. The molecule has 1 aromatic heterocycles. The van der Waals surface area contributed by atoms with Crippen LogP contribution in [0, 0.1) is 17.2 Å². The Bertz CT molecular complexity index is 506. The van der Waals surface area contributed by atoms with Crippen LogP contribution in [0.2, 0.25) is 0 Å². The van der Waals surface area contributed by atoms with E-state index >= 15 is 0 Å². The Morgan fingerprint density at radius 2 is 2.40 bits per heavy atom. The normalized spacial score (nSPS) is 12.1. The molecule has 0 fully saturated rings. The number of hydrogen-bond donors (Lipinski definition) is 0. The maximum Gasteiger partial charge on any atom is 0.328 e. The molecule has 0 saturated carbocycles. The van der Waals surface area contributed by atoms with Gasteiger partial charge in [-0.15, -0.1) is 0 Å². The summed E-state index contributed by atoms with van der Waals surface area (Å²) < 4.78 is 4.81. The molecule has 0 spiro atoms. The first kappa shape index (κ1) is 15.8. The maximum absolute atomic E-state index is 11.5. The summed E-state index contributed by atoms with van der Waals surface area (Å²) in [5, 5.41) is 8.95. The van der Waals surface area contributed by atoms with E-state index in [0.29, 0.717) is 5.82 Å². The van der Waals surface area contributed by atoms with E-state index in [1.54, 1.807) is 13.1 Å². The second-order valence-electron chi connectivity index (χ2n) is 4.23. The van der Waals surface area contributed by atoms with Gasteiger partial charge >= 0.3 is 5.97 Å². The molecule has 0 bridgehead atoms. The highest BCUT2D eigenvalue weighted by molar-refractivity contribution is 5.93. The van der Waals surface area contributed by atoms with Gasteiger partial charge in [-0.05, 0) is 31.4 Å². The summed E-state index contributed by atoms with van der Waals surface area (Å²) in [6.07, 6.45) is 5.97. The van der Waals surface area contributed by atoms with Crippen molar-refractivity contribution in [2.75, 3.05) is 6.61 Å². The van der Waals surface area contributed by atoms with Gasteiger partial charge in [0.1, 0.15) is 0 Å². The first-order chi connectivity index (χ1) is 9.72. The molecule has 1 unspecified atom stereocenters. The maximum atomic E-state index is 11.5. The molecule has 0 saturated heterocycles. The third kappa shape index (κ3) is 4.81. The molecule has 0 aromatic carbocycles. The van der Waals surface area contributed by atoms with E-state index in [-0.39, 0.29) is 6.61 Å². The smallest absolute Gasteiger partial charge is 0.328 e. The lowest BCUT2D eigenvalue weighted by atomic mass is 10.1. The highest BCUT2D eigenvalue weighted by atomic mass is 16.5. The number of hydrogen-bond acceptors (Lipinski definition) is 5. The molecule has 1 aromatic rings. The number of esters is 1. The third-order valence-corrected chi connectivity index (χ3v) is 2.69. The first-order valence-electron chi connectivity index (χ1n) is 6.77. The van der Waals surface area contributed by atoms with Crippen molar-refractivity contribution < 1.29 is 9.53 Å². The van der Waals surface area contributed by atoms with Crippen LogP contribution < -0.4 is 0 Å². The molecular formula is C15H19N3O2. The van der Waals surface area contributed by atoms with E-state index in [4.69, 9.17) is 10.00 Å². The minimum atomic E-state index is -0.990. The average Bonchev–Trinajstić information content (AvgIpc) is 2.47. The number of unbranched alkanes of at least 4 members (excludes halogenated alkanes) is 1. The van der Waals surface area contributed by atoms with Crippen LogP contribution in [-0.2, 0) is 16.0 Å². The van der Waals surface area contributed by atoms with E-state index in [1.165, 1.54) is 6.21 Å². The summed E-state index contributed by atoms with van der Waals surface area (Å²) in [6.45, 7) is 4.06. The Labute approximate surface area is 119 Å². The lowest BCUT2D eigenvalue weighted by Gasteiger charge is -2.05. The summed E-state index contributed by atoms with van der Waals surface area (Å²) in [6, 6.07) is 5.69. The van der Waals surface area contributed by atoms with E-state index in [2.05, 4.69) is 16.9 Å². The molecule has 106 valence electrons. The molecule has 0 amide bonds. The number of pyridine rings is 1. The predicted octanol–water partition coefficient (Wildman–Crippen LogP) is 2.83. The number of ether oxygens (including phenoxy) is 1.